The molecule has 1 aliphatic heterocycles. The molecular weight excluding hydrogens is 126 g/mol. The van der Waals surface area contributed by atoms with Crippen molar-refractivity contribution in [3.05, 3.63) is 0 Å². The minimum Gasteiger partial charge on any atom is -0.230 e. The van der Waals surface area contributed by atoms with E-state index >= 15 is 0 Å². The van der Waals surface area contributed by atoms with Crippen molar-refractivity contribution in [2.24, 2.45) is 4.99 Å². The molecule has 0 saturated carbocycles. The molecule has 0 aliphatic carbocycles. The van der Waals surface area contributed by atoms with Crippen LogP contribution in [0.5, 0.6) is 0 Å². The van der Waals surface area contributed by atoms with Crippen LogP contribution in [0.4, 0.5) is 0 Å². The van der Waals surface area contributed by atoms with Gasteiger partial charge in [0.05, 0.1) is 12.8 Å². The van der Waals surface area contributed by atoms with Crippen LogP contribution in [0.2, 0.25) is 0 Å². The van der Waals surface area contributed by atoms with Crippen molar-refractivity contribution in [3.8, 4) is 0 Å². The standard InChI is InChI=1S/C3H6N3OS/c7-3-6(8)2-4-1-5-6/h1,3,8H,2H2,(H,4,5)/q+1. The van der Waals surface area contributed by atoms with E-state index in [4.69, 9.17) is 0 Å². The Labute approximate surface area is 52.3 Å². The van der Waals surface area contributed by atoms with E-state index in [2.05, 4.69) is 23.2 Å². The van der Waals surface area contributed by atoms with E-state index in [0.717, 1.165) is 0 Å². The molecule has 0 aromatic heterocycles. The van der Waals surface area contributed by atoms with Gasteiger partial charge in [-0.05, 0) is 0 Å². The van der Waals surface area contributed by atoms with Gasteiger partial charge in [-0.2, -0.15) is 0 Å². The first kappa shape index (κ1) is 5.58. The van der Waals surface area contributed by atoms with Gasteiger partial charge < -0.3 is 0 Å². The summed E-state index contributed by atoms with van der Waals surface area (Å²) in [6.07, 6.45) is 2.14. The number of hydrogen-bond donors (Lipinski definition) is 2. The van der Waals surface area contributed by atoms with Gasteiger partial charge in [-0.25, -0.2) is 15.2 Å². The maximum Gasteiger partial charge on any atom is 0.338 e. The number of thiol groups is 1. The summed E-state index contributed by atoms with van der Waals surface area (Å²) in [7, 11) is 0. The minimum absolute atomic E-state index is 0.139. The number of nitrogens with one attached hydrogen (secondary N) is 1. The topological polar surface area (TPSA) is 41.5 Å². The fourth-order valence-corrected chi connectivity index (χ4v) is 0.535. The van der Waals surface area contributed by atoms with Crippen molar-refractivity contribution in [1.29, 1.82) is 0 Å². The van der Waals surface area contributed by atoms with Crippen LogP contribution in [0.3, 0.4) is 0 Å². The molecule has 44 valence electrons. The van der Waals surface area contributed by atoms with Crippen molar-refractivity contribution in [2.45, 2.75) is 0 Å². The highest BCUT2D eigenvalue weighted by Gasteiger charge is 2.24. The molecule has 1 rings (SSSR count). The summed E-state index contributed by atoms with van der Waals surface area (Å²) in [5.41, 5.74) is 2.62. The summed E-state index contributed by atoms with van der Waals surface area (Å²) in [6.45, 7) is 0.368. The van der Waals surface area contributed by atoms with Gasteiger partial charge in [0.2, 0.25) is 6.67 Å². The lowest BCUT2D eigenvalue weighted by Crippen LogP contribution is -2.44. The smallest absolute Gasteiger partial charge is 0.230 e. The van der Waals surface area contributed by atoms with Crippen LogP contribution in [0.15, 0.2) is 4.99 Å². The molecule has 5 heteroatoms. The maximum absolute atomic E-state index is 10.1. The van der Waals surface area contributed by atoms with Gasteiger partial charge >= 0.3 is 6.41 Å². The average molecular weight is 132 g/mol. The first-order valence-corrected chi connectivity index (χ1v) is 2.50. The molecule has 1 amide bonds. The first-order valence-electron chi connectivity index (χ1n) is 2.10. The third kappa shape index (κ3) is 0.823. The normalized spacial score (nSPS) is 34.6. The molecule has 8 heavy (non-hydrogen) atoms. The van der Waals surface area contributed by atoms with Crippen LogP contribution in [-0.4, -0.2) is 23.4 Å². The molecule has 0 saturated heterocycles. The van der Waals surface area contributed by atoms with Crippen molar-refractivity contribution in [2.75, 3.05) is 6.67 Å². The Bertz CT molecular complexity index is 126. The van der Waals surface area contributed by atoms with Crippen molar-refractivity contribution >= 4 is 25.6 Å². The van der Waals surface area contributed by atoms with E-state index in [1.165, 1.54) is 6.34 Å². The highest BCUT2D eigenvalue weighted by atomic mass is 32.1. The van der Waals surface area contributed by atoms with Gasteiger partial charge in [-0.15, -0.1) is 0 Å². The lowest BCUT2D eigenvalue weighted by Gasteiger charge is -2.13. The molecule has 0 bridgehead atoms. The third-order valence-corrected chi connectivity index (χ3v) is 1.18. The summed E-state index contributed by atoms with van der Waals surface area (Å²) >= 11 is 3.91. The minimum atomic E-state index is -0.139. The lowest BCUT2D eigenvalue weighted by atomic mass is 11.0. The van der Waals surface area contributed by atoms with Gasteiger partial charge in [-0.1, -0.05) is 4.00 Å². The number of amides is 1. The molecule has 0 aromatic carbocycles. The van der Waals surface area contributed by atoms with Crippen LogP contribution < -0.4 is 5.43 Å². The van der Waals surface area contributed by atoms with Gasteiger partial charge in [0.1, 0.15) is 6.34 Å². The Balaban J connectivity index is 2.58. The fraction of sp³-hybridized carbons (Fsp3) is 0.333. The predicted molar refractivity (Wildman–Crippen MR) is 31.8 cm³/mol. The van der Waals surface area contributed by atoms with Crippen molar-refractivity contribution in [1.82, 2.24) is 5.43 Å². The Morgan fingerprint density at radius 2 is 2.75 bits per heavy atom. The summed E-state index contributed by atoms with van der Waals surface area (Å²) in [4.78, 5) is 13.8. The van der Waals surface area contributed by atoms with E-state index in [1.54, 1.807) is 0 Å². The quantitative estimate of drug-likeness (QED) is 0.281. The van der Waals surface area contributed by atoms with Crippen LogP contribution in [0.25, 0.3) is 0 Å². The van der Waals surface area contributed by atoms with Crippen molar-refractivity contribution < 1.29 is 8.79 Å². The Morgan fingerprint density at radius 1 is 2.00 bits per heavy atom. The number of rotatable bonds is 1. The van der Waals surface area contributed by atoms with Gasteiger partial charge in [0.15, 0.2) is 0 Å². The fourth-order valence-electron chi connectivity index (χ4n) is 0.411. The second-order valence-electron chi connectivity index (χ2n) is 1.51. The summed E-state index contributed by atoms with van der Waals surface area (Å²) in [5, 5.41) is 0. The Morgan fingerprint density at radius 3 is 3.00 bits per heavy atom. The van der Waals surface area contributed by atoms with Gasteiger partial charge in [0, 0.05) is 0 Å². The Kier molecular flexibility index (Phi) is 1.22. The summed E-state index contributed by atoms with van der Waals surface area (Å²) in [6, 6.07) is 0. The van der Waals surface area contributed by atoms with Crippen LogP contribution in [0, 0.1) is 0 Å². The number of carbonyl (C=O) groups excluding carboxylic acids is 1. The number of quaternary nitrogens is 1. The zero-order valence-corrected chi connectivity index (χ0v) is 5.01. The number of carbonyl (C=O) groups is 1. The van der Waals surface area contributed by atoms with E-state index in [9.17, 15) is 4.79 Å². The molecular formula is C3H6N3OS+. The zero-order chi connectivity index (χ0) is 6.04. The van der Waals surface area contributed by atoms with Crippen LogP contribution in [-0.2, 0) is 4.79 Å². The molecule has 4 nitrogen and oxygen atoms in total. The summed E-state index contributed by atoms with van der Waals surface area (Å²) in [5.74, 6) is 0. The second-order valence-corrected chi connectivity index (χ2v) is 2.23. The van der Waals surface area contributed by atoms with Gasteiger partial charge in [-0.3, -0.25) is 0 Å². The molecule has 1 N–H and O–H groups in total. The maximum atomic E-state index is 10.1. The molecule has 1 heterocycles. The number of aliphatic imine (C=N–C) groups is 1. The Hall–Kier alpha value is -0.550. The molecule has 1 unspecified atom stereocenters. The van der Waals surface area contributed by atoms with Crippen molar-refractivity contribution in [3.63, 3.8) is 0 Å². The first-order chi connectivity index (χ1) is 3.77. The zero-order valence-electron chi connectivity index (χ0n) is 4.11. The van der Waals surface area contributed by atoms with Crippen LogP contribution in [0.1, 0.15) is 0 Å². The van der Waals surface area contributed by atoms with E-state index in [1.807, 2.05) is 0 Å². The highest BCUT2D eigenvalue weighted by Crippen LogP contribution is 2.04. The SMILES string of the molecule is O=C[N+]1(S)CN=CN1. The predicted octanol–water partition coefficient (Wildman–Crippen LogP) is -0.692. The number of hydrogen-bond acceptors (Lipinski definition) is 4. The van der Waals surface area contributed by atoms with E-state index < -0.39 is 0 Å². The second kappa shape index (κ2) is 1.75. The molecule has 0 radical (unpaired) electrons. The van der Waals surface area contributed by atoms with E-state index in [0.29, 0.717) is 13.1 Å². The molecule has 0 fully saturated rings. The highest BCUT2D eigenvalue weighted by molar-refractivity contribution is 7.74. The van der Waals surface area contributed by atoms with Crippen LogP contribution >= 0.6 is 12.8 Å². The average Bonchev–Trinajstić information content (AvgIpc) is 2.17. The van der Waals surface area contributed by atoms with E-state index in [-0.39, 0.29) is 4.00 Å². The monoisotopic (exact) mass is 132 g/mol. The lowest BCUT2D eigenvalue weighted by molar-refractivity contribution is -0.731. The third-order valence-electron chi connectivity index (χ3n) is 0.844. The van der Waals surface area contributed by atoms with Gasteiger partial charge in [0.25, 0.3) is 0 Å². The molecule has 0 aromatic rings. The molecule has 1 atom stereocenters. The molecule has 1 aliphatic rings. The summed E-state index contributed by atoms with van der Waals surface area (Å²) < 4.78 is -0.139. The number of nitrogens with zero attached hydrogens (tertiary/aromatic N) is 2. The largest absolute Gasteiger partial charge is 0.338 e. The molecule has 0 spiro atoms.